The number of nitrogens with zero attached hydrogens (tertiary/aromatic N) is 3. The Morgan fingerprint density at radius 3 is 0.765 bits per heavy atom. The average Bonchev–Trinajstić information content (AvgIpc) is 2.89. The maximum absolute atomic E-state index is 2.42. The van der Waals surface area contributed by atoms with E-state index in [9.17, 15) is 0 Å². The predicted molar refractivity (Wildman–Crippen MR) is 155 cm³/mol. The van der Waals surface area contributed by atoms with Crippen LogP contribution in [0.3, 0.4) is 0 Å². The van der Waals surface area contributed by atoms with E-state index in [4.69, 9.17) is 0 Å². The maximum atomic E-state index is 2.42. The molecule has 0 atom stereocenters. The van der Waals surface area contributed by atoms with Gasteiger partial charge in [-0.2, -0.15) is 0 Å². The summed E-state index contributed by atoms with van der Waals surface area (Å²) in [5.41, 5.74) is 3.98. The Balaban J connectivity index is 2.01. The van der Waals surface area contributed by atoms with Crippen molar-refractivity contribution in [1.29, 1.82) is 0 Å². The summed E-state index contributed by atoms with van der Waals surface area (Å²) in [5.74, 6) is 0. The molecule has 0 heterocycles. The molecule has 34 heavy (non-hydrogen) atoms. The van der Waals surface area contributed by atoms with Crippen molar-refractivity contribution in [2.45, 2.75) is 41.5 Å². The first-order valence-corrected chi connectivity index (χ1v) is 18.2. The average molecular weight is 654 g/mol. The fraction of sp³-hybridized carbons (Fsp3) is 0.400. The monoisotopic (exact) mass is 653 g/mol. The fourth-order valence-corrected chi connectivity index (χ4v) is 13.3. The van der Waals surface area contributed by atoms with Crippen LogP contribution < -0.4 is 24.5 Å². The normalized spacial score (nSPS) is 11.0. The van der Waals surface area contributed by atoms with Gasteiger partial charge in [0.05, 0.1) is 0 Å². The second-order valence-electron chi connectivity index (χ2n) is 8.40. The van der Waals surface area contributed by atoms with Gasteiger partial charge in [-0.05, 0) is 0 Å². The molecule has 3 rings (SSSR count). The zero-order valence-corrected chi connectivity index (χ0v) is 25.4. The molecule has 0 aliphatic rings. The molecule has 3 nitrogen and oxygen atoms in total. The molecule has 4 heteroatoms. The van der Waals surface area contributed by atoms with Gasteiger partial charge < -0.3 is 0 Å². The molecule has 0 bridgehead atoms. The van der Waals surface area contributed by atoms with E-state index in [0.29, 0.717) is 0 Å². The number of rotatable bonds is 12. The first kappa shape index (κ1) is 26.5. The molecule has 0 unspecified atom stereocenters. The van der Waals surface area contributed by atoms with Crippen molar-refractivity contribution in [2.24, 2.45) is 0 Å². The third kappa shape index (κ3) is 6.13. The van der Waals surface area contributed by atoms with Crippen LogP contribution in [0.2, 0.25) is 0 Å². The van der Waals surface area contributed by atoms with E-state index in [1.165, 1.54) is 26.9 Å². The van der Waals surface area contributed by atoms with Gasteiger partial charge in [-0.3, -0.25) is 0 Å². The Morgan fingerprint density at radius 1 is 0.382 bits per heavy atom. The topological polar surface area (TPSA) is 9.72 Å². The standard InChI is InChI=1S/3C10H14N.Bi/c3*1-3-11(4-2)10-8-6-5-7-9-10;/h3*6-9H,3-4H2,1-2H3;. The van der Waals surface area contributed by atoms with E-state index < -0.39 is 21.8 Å². The number of hydrogen-bond donors (Lipinski definition) is 0. The van der Waals surface area contributed by atoms with Crippen molar-refractivity contribution < 1.29 is 0 Å². The van der Waals surface area contributed by atoms with Crippen molar-refractivity contribution in [3.05, 3.63) is 72.8 Å². The molecule has 0 aliphatic heterocycles. The fourth-order valence-electron chi connectivity index (χ4n) is 4.65. The zero-order chi connectivity index (χ0) is 24.5. The third-order valence-corrected chi connectivity index (χ3v) is 16.2. The number of anilines is 3. The van der Waals surface area contributed by atoms with E-state index in [0.717, 1.165) is 39.3 Å². The summed E-state index contributed by atoms with van der Waals surface area (Å²) in [4.78, 5) is 7.27. The second-order valence-corrected chi connectivity index (χ2v) is 17.0. The molecule has 3 aromatic rings. The Kier molecular flexibility index (Phi) is 10.3. The Hall–Kier alpha value is -2.06. The van der Waals surface area contributed by atoms with Gasteiger partial charge in [-0.1, -0.05) is 0 Å². The van der Waals surface area contributed by atoms with Crippen LogP contribution in [-0.2, 0) is 0 Å². The summed E-state index contributed by atoms with van der Waals surface area (Å²) in [6.07, 6.45) is 0. The van der Waals surface area contributed by atoms with Crippen LogP contribution in [0.15, 0.2) is 72.8 Å². The molecule has 0 fully saturated rings. The van der Waals surface area contributed by atoms with Gasteiger partial charge in [0.2, 0.25) is 0 Å². The van der Waals surface area contributed by atoms with Crippen LogP contribution in [0.1, 0.15) is 41.5 Å². The van der Waals surface area contributed by atoms with Crippen LogP contribution in [0.5, 0.6) is 0 Å². The Morgan fingerprint density at radius 2 is 0.588 bits per heavy atom. The van der Waals surface area contributed by atoms with E-state index in [1.807, 2.05) is 0 Å². The van der Waals surface area contributed by atoms with Crippen molar-refractivity contribution in [2.75, 3.05) is 54.0 Å². The quantitative estimate of drug-likeness (QED) is 0.262. The van der Waals surface area contributed by atoms with Gasteiger partial charge in [0, 0.05) is 0 Å². The van der Waals surface area contributed by atoms with Gasteiger partial charge in [0.1, 0.15) is 0 Å². The summed E-state index contributed by atoms with van der Waals surface area (Å²) in [6.45, 7) is 19.6. The molecule has 182 valence electrons. The van der Waals surface area contributed by atoms with Crippen LogP contribution in [0, 0.1) is 0 Å². The summed E-state index contributed by atoms with van der Waals surface area (Å²) in [5, 5.41) is 0. The molecule has 0 amide bonds. The van der Waals surface area contributed by atoms with Crippen molar-refractivity contribution in [3.63, 3.8) is 0 Å². The molecule has 0 radical (unpaired) electrons. The molecule has 3 aromatic carbocycles. The van der Waals surface area contributed by atoms with E-state index in [2.05, 4.69) is 129 Å². The molecular formula is C30H42BiN3. The minimum absolute atomic E-state index is 1.04. The Labute approximate surface area is 216 Å². The molecule has 0 aromatic heterocycles. The molecule has 0 saturated carbocycles. The molecule has 0 spiro atoms. The summed E-state index contributed by atoms with van der Waals surface area (Å²) < 4.78 is 4.62. The molecule has 0 N–H and O–H groups in total. The van der Waals surface area contributed by atoms with E-state index >= 15 is 0 Å². The third-order valence-electron chi connectivity index (χ3n) is 6.71. The van der Waals surface area contributed by atoms with Crippen LogP contribution >= 0.6 is 0 Å². The van der Waals surface area contributed by atoms with E-state index in [1.54, 1.807) is 0 Å². The van der Waals surface area contributed by atoms with Gasteiger partial charge in [0.15, 0.2) is 0 Å². The SMILES string of the molecule is CCN(CC)c1cc[c]([Bi]([c]2ccc(N(CC)CC)cc2)[c]2ccc(N(CC)CC)cc2)cc1. The first-order chi connectivity index (χ1) is 16.6. The minimum atomic E-state index is -2.41. The first-order valence-electron chi connectivity index (χ1n) is 12.9. The van der Waals surface area contributed by atoms with Gasteiger partial charge in [-0.25, -0.2) is 0 Å². The van der Waals surface area contributed by atoms with Crippen LogP contribution in [0.4, 0.5) is 17.1 Å². The van der Waals surface area contributed by atoms with Crippen LogP contribution in [-0.4, -0.2) is 61.0 Å². The number of hydrogen-bond acceptors (Lipinski definition) is 3. The Bertz CT molecular complexity index is 839. The molecule has 0 saturated heterocycles. The van der Waals surface area contributed by atoms with E-state index in [-0.39, 0.29) is 0 Å². The van der Waals surface area contributed by atoms with Gasteiger partial charge in [-0.15, -0.1) is 0 Å². The summed E-state index contributed by atoms with van der Waals surface area (Å²) >= 11 is -2.41. The van der Waals surface area contributed by atoms with Crippen molar-refractivity contribution >= 4 is 48.6 Å². The number of benzene rings is 3. The van der Waals surface area contributed by atoms with Crippen molar-refractivity contribution in [3.8, 4) is 0 Å². The molecule has 0 aliphatic carbocycles. The summed E-state index contributed by atoms with van der Waals surface area (Å²) in [7, 11) is 0. The van der Waals surface area contributed by atoms with Gasteiger partial charge in [0.25, 0.3) is 0 Å². The zero-order valence-electron chi connectivity index (χ0n) is 22.0. The molecular weight excluding hydrogens is 611 g/mol. The predicted octanol–water partition coefficient (Wildman–Crippen LogP) is 4.74. The van der Waals surface area contributed by atoms with Gasteiger partial charge >= 0.3 is 217 Å². The van der Waals surface area contributed by atoms with Crippen LogP contribution in [0.25, 0.3) is 0 Å². The second kappa shape index (κ2) is 13.1. The summed E-state index contributed by atoms with van der Waals surface area (Å²) in [6, 6.07) is 28.4. The van der Waals surface area contributed by atoms with Crippen molar-refractivity contribution in [1.82, 2.24) is 0 Å².